The number of unbranched alkanes of at least 4 members (excludes halogenated alkanes) is 18. The van der Waals surface area contributed by atoms with E-state index in [1.807, 2.05) is 6.08 Å². The minimum Gasteiger partial charge on any atom is -0.394 e. The number of carbonyl (C=O) groups excluding carboxylic acids is 1. The molecule has 0 radical (unpaired) electrons. The van der Waals surface area contributed by atoms with Gasteiger partial charge < -0.3 is 20.6 Å². The summed E-state index contributed by atoms with van der Waals surface area (Å²) >= 11 is 0. The number of amides is 1. The van der Waals surface area contributed by atoms with E-state index in [0.29, 0.717) is 6.42 Å². The molecule has 1 amide bonds. The van der Waals surface area contributed by atoms with Crippen LogP contribution < -0.4 is 5.32 Å². The Labute approximate surface area is 272 Å². The highest BCUT2D eigenvalue weighted by Gasteiger charge is 2.22. The van der Waals surface area contributed by atoms with Crippen LogP contribution in [0.4, 0.5) is 0 Å². The molecule has 0 fully saturated rings. The summed E-state index contributed by atoms with van der Waals surface area (Å²) in [6.07, 6.45) is 42.8. The molecular weight excluding hydrogens is 546 g/mol. The van der Waals surface area contributed by atoms with Gasteiger partial charge in [0.1, 0.15) is 6.10 Å². The number of hydrogen-bond donors (Lipinski definition) is 4. The summed E-state index contributed by atoms with van der Waals surface area (Å²) in [7, 11) is 0. The van der Waals surface area contributed by atoms with Gasteiger partial charge in [-0.1, -0.05) is 152 Å². The third-order valence-electron chi connectivity index (χ3n) is 8.13. The molecule has 256 valence electrons. The third kappa shape index (κ3) is 29.0. The first-order chi connectivity index (χ1) is 21.6. The third-order valence-corrected chi connectivity index (χ3v) is 8.13. The second kappa shape index (κ2) is 34.2. The molecule has 5 nitrogen and oxygen atoms in total. The molecule has 0 saturated heterocycles. The van der Waals surface area contributed by atoms with Crippen molar-refractivity contribution in [2.24, 2.45) is 0 Å². The van der Waals surface area contributed by atoms with E-state index in [0.717, 1.165) is 57.8 Å². The van der Waals surface area contributed by atoms with Crippen LogP contribution in [0.2, 0.25) is 0 Å². The van der Waals surface area contributed by atoms with E-state index >= 15 is 0 Å². The first kappa shape index (κ1) is 42.3. The molecule has 0 bridgehead atoms. The molecule has 4 N–H and O–H groups in total. The molecule has 0 aliphatic carbocycles. The Morgan fingerprint density at radius 3 is 1.50 bits per heavy atom. The van der Waals surface area contributed by atoms with Crippen molar-refractivity contribution < 1.29 is 20.1 Å². The zero-order chi connectivity index (χ0) is 32.4. The Kier molecular flexibility index (Phi) is 32.9. The van der Waals surface area contributed by atoms with Gasteiger partial charge in [-0.05, 0) is 64.2 Å². The second-order valence-electron chi connectivity index (χ2n) is 12.4. The predicted molar refractivity (Wildman–Crippen MR) is 190 cm³/mol. The van der Waals surface area contributed by atoms with E-state index in [1.54, 1.807) is 6.08 Å². The average Bonchev–Trinajstić information content (AvgIpc) is 3.03. The highest BCUT2D eigenvalue weighted by molar-refractivity contribution is 5.80. The number of hydrogen-bond acceptors (Lipinski definition) is 4. The molecule has 0 aromatic rings. The number of allylic oxidation sites excluding steroid dienone is 7. The van der Waals surface area contributed by atoms with Gasteiger partial charge in [0.05, 0.1) is 18.8 Å². The Hall–Kier alpha value is -1.69. The van der Waals surface area contributed by atoms with Gasteiger partial charge in [0, 0.05) is 0 Å². The van der Waals surface area contributed by atoms with Crippen LogP contribution in [0.25, 0.3) is 0 Å². The van der Waals surface area contributed by atoms with Gasteiger partial charge in [-0.25, -0.2) is 0 Å². The molecule has 44 heavy (non-hydrogen) atoms. The summed E-state index contributed by atoms with van der Waals surface area (Å²) in [5.74, 6) is -0.527. The molecule has 0 spiro atoms. The van der Waals surface area contributed by atoms with Crippen LogP contribution in [0.1, 0.15) is 168 Å². The van der Waals surface area contributed by atoms with Crippen molar-refractivity contribution in [2.45, 2.75) is 186 Å². The van der Waals surface area contributed by atoms with Crippen LogP contribution in [0.5, 0.6) is 0 Å². The maximum Gasteiger partial charge on any atom is 0.249 e. The van der Waals surface area contributed by atoms with Crippen LogP contribution >= 0.6 is 0 Å². The van der Waals surface area contributed by atoms with Crippen molar-refractivity contribution in [3.05, 3.63) is 48.6 Å². The van der Waals surface area contributed by atoms with Crippen molar-refractivity contribution in [3.8, 4) is 0 Å². The lowest BCUT2D eigenvalue weighted by Crippen LogP contribution is -2.48. The van der Waals surface area contributed by atoms with Crippen molar-refractivity contribution in [2.75, 3.05) is 6.61 Å². The monoisotopic (exact) mass is 618 g/mol. The molecule has 0 aliphatic rings. The van der Waals surface area contributed by atoms with E-state index in [9.17, 15) is 20.1 Å². The Morgan fingerprint density at radius 2 is 1.00 bits per heavy atom. The van der Waals surface area contributed by atoms with Crippen LogP contribution in [0.3, 0.4) is 0 Å². The minimum atomic E-state index is -1.11. The first-order valence-electron chi connectivity index (χ1n) is 18.5. The molecule has 0 aromatic carbocycles. The standard InChI is InChI=1S/C39H71NO4/c1-3-5-7-9-11-13-15-16-17-18-19-20-21-22-23-24-26-28-30-32-34-38(43)39(44)40-36(35-41)37(42)33-31-29-27-25-14-12-10-8-6-4-2/h6,8,14,20-21,25,31,33,36-38,41-43H,3-5,7,9-13,15-19,22-24,26-30,32,34-35H2,1-2H3,(H,40,44)/b8-6+,21-20-,25-14+,33-31+. The molecule has 3 atom stereocenters. The van der Waals surface area contributed by atoms with Crippen LogP contribution in [-0.4, -0.2) is 46.1 Å². The maximum atomic E-state index is 12.4. The molecule has 3 unspecified atom stereocenters. The molecule has 5 heteroatoms. The fraction of sp³-hybridized carbons (Fsp3) is 0.769. The van der Waals surface area contributed by atoms with Gasteiger partial charge in [-0.3, -0.25) is 4.79 Å². The average molecular weight is 618 g/mol. The Balaban J connectivity index is 3.74. The van der Waals surface area contributed by atoms with E-state index < -0.39 is 24.2 Å². The Morgan fingerprint density at radius 1 is 0.568 bits per heavy atom. The van der Waals surface area contributed by atoms with Gasteiger partial charge in [-0.15, -0.1) is 0 Å². The molecular formula is C39H71NO4. The van der Waals surface area contributed by atoms with Gasteiger partial charge in [0.15, 0.2) is 0 Å². The highest BCUT2D eigenvalue weighted by Crippen LogP contribution is 2.13. The number of rotatable bonds is 32. The van der Waals surface area contributed by atoms with Gasteiger partial charge >= 0.3 is 0 Å². The zero-order valence-electron chi connectivity index (χ0n) is 28.8. The second-order valence-corrected chi connectivity index (χ2v) is 12.4. The fourth-order valence-corrected chi connectivity index (χ4v) is 5.22. The SMILES string of the molecule is CC/C=C/CC/C=C/CC/C=C/C(O)C(CO)NC(=O)C(O)CCCCCCCC/C=C\CCCCCCCCCCCC. The fourth-order valence-electron chi connectivity index (χ4n) is 5.22. The lowest BCUT2D eigenvalue weighted by atomic mass is 10.0. The van der Waals surface area contributed by atoms with E-state index in [2.05, 4.69) is 55.6 Å². The van der Waals surface area contributed by atoms with Crippen LogP contribution in [-0.2, 0) is 4.79 Å². The van der Waals surface area contributed by atoms with Crippen molar-refractivity contribution in [3.63, 3.8) is 0 Å². The van der Waals surface area contributed by atoms with Crippen molar-refractivity contribution in [1.29, 1.82) is 0 Å². The van der Waals surface area contributed by atoms with Crippen molar-refractivity contribution in [1.82, 2.24) is 5.32 Å². The summed E-state index contributed by atoms with van der Waals surface area (Å²) in [6, 6.07) is -0.821. The summed E-state index contributed by atoms with van der Waals surface area (Å²) in [5.41, 5.74) is 0. The molecule has 0 heterocycles. The van der Waals surface area contributed by atoms with E-state index in [1.165, 1.54) is 89.9 Å². The van der Waals surface area contributed by atoms with Crippen molar-refractivity contribution >= 4 is 5.91 Å². The number of carbonyl (C=O) groups is 1. The number of aliphatic hydroxyl groups excluding tert-OH is 3. The van der Waals surface area contributed by atoms with Crippen LogP contribution in [0.15, 0.2) is 48.6 Å². The maximum absolute atomic E-state index is 12.4. The van der Waals surface area contributed by atoms with Gasteiger partial charge in [0.2, 0.25) is 5.91 Å². The summed E-state index contributed by atoms with van der Waals surface area (Å²) in [4.78, 5) is 12.4. The van der Waals surface area contributed by atoms with E-state index in [-0.39, 0.29) is 6.61 Å². The van der Waals surface area contributed by atoms with Crippen LogP contribution in [0, 0.1) is 0 Å². The smallest absolute Gasteiger partial charge is 0.249 e. The lowest BCUT2D eigenvalue weighted by molar-refractivity contribution is -0.131. The topological polar surface area (TPSA) is 89.8 Å². The Bertz CT molecular complexity index is 730. The zero-order valence-corrected chi connectivity index (χ0v) is 28.8. The molecule has 0 rings (SSSR count). The highest BCUT2D eigenvalue weighted by atomic mass is 16.3. The van der Waals surface area contributed by atoms with Gasteiger partial charge in [-0.2, -0.15) is 0 Å². The number of aliphatic hydroxyl groups is 3. The molecule has 0 aliphatic heterocycles. The summed E-state index contributed by atoms with van der Waals surface area (Å²) < 4.78 is 0. The number of nitrogens with one attached hydrogen (secondary N) is 1. The van der Waals surface area contributed by atoms with E-state index in [4.69, 9.17) is 0 Å². The quantitative estimate of drug-likeness (QED) is 0.0447. The van der Waals surface area contributed by atoms with Gasteiger partial charge in [0.25, 0.3) is 0 Å². The summed E-state index contributed by atoms with van der Waals surface area (Å²) in [6.45, 7) is 4.02. The first-order valence-corrected chi connectivity index (χ1v) is 18.5. The lowest BCUT2D eigenvalue weighted by Gasteiger charge is -2.21. The molecule has 0 aromatic heterocycles. The minimum absolute atomic E-state index is 0.385. The predicted octanol–water partition coefficient (Wildman–Crippen LogP) is 9.81. The largest absolute Gasteiger partial charge is 0.394 e. The normalized spacial score (nSPS) is 14.4. The summed E-state index contributed by atoms with van der Waals surface area (Å²) in [5, 5.41) is 32.8. The molecule has 0 saturated carbocycles.